The third kappa shape index (κ3) is 5.70. The molecule has 0 aromatic heterocycles. The lowest BCUT2D eigenvalue weighted by Crippen LogP contribution is -2.33. The highest BCUT2D eigenvalue weighted by Crippen LogP contribution is 2.40. The van der Waals surface area contributed by atoms with Gasteiger partial charge >= 0.3 is 0 Å². The summed E-state index contributed by atoms with van der Waals surface area (Å²) in [6, 6.07) is 11.6. The molecule has 2 nitrogen and oxygen atoms in total. The van der Waals surface area contributed by atoms with Crippen LogP contribution in [0.1, 0.15) is 31.7 Å². The summed E-state index contributed by atoms with van der Waals surface area (Å²) in [7, 11) is 0. The maximum absolute atomic E-state index is 3.66. The predicted octanol–water partition coefficient (Wildman–Crippen LogP) is 3.32. The second-order valence-corrected chi connectivity index (χ2v) is 4.84. The molecule has 0 aliphatic heterocycles. The van der Waals surface area contributed by atoms with Crippen molar-refractivity contribution in [2.24, 2.45) is 0 Å². The van der Waals surface area contributed by atoms with E-state index in [-0.39, 0.29) is 24.8 Å². The average Bonchev–Trinajstić information content (AvgIpc) is 3.15. The van der Waals surface area contributed by atoms with E-state index < -0.39 is 0 Å². The maximum atomic E-state index is 3.66. The smallest absolute Gasteiger partial charge is 0.0143 e. The molecule has 0 heterocycles. The monoisotopic (exact) mass is 304 g/mol. The fourth-order valence-electron chi connectivity index (χ4n) is 2.44. The van der Waals surface area contributed by atoms with Gasteiger partial charge in [-0.05, 0) is 25.1 Å². The number of hydrogen-bond acceptors (Lipinski definition) is 2. The van der Waals surface area contributed by atoms with Gasteiger partial charge in [0.1, 0.15) is 0 Å². The third-order valence-corrected chi connectivity index (χ3v) is 3.75. The van der Waals surface area contributed by atoms with E-state index in [1.807, 2.05) is 0 Å². The van der Waals surface area contributed by atoms with E-state index in [1.54, 1.807) is 0 Å². The molecule has 1 aliphatic rings. The molecular weight excluding hydrogens is 279 g/mol. The normalized spacial score (nSPS) is 20.6. The Bertz CT molecular complexity index is 328. The summed E-state index contributed by atoms with van der Waals surface area (Å²) < 4.78 is 0. The first kappa shape index (κ1) is 18.7. The van der Waals surface area contributed by atoms with Crippen molar-refractivity contribution >= 4 is 24.8 Å². The lowest BCUT2D eigenvalue weighted by Gasteiger charge is -2.18. The molecule has 0 bridgehead atoms. The Labute approximate surface area is 129 Å². The summed E-state index contributed by atoms with van der Waals surface area (Å²) in [6.07, 6.45) is 1.31. The van der Waals surface area contributed by atoms with Gasteiger partial charge in [-0.15, -0.1) is 24.8 Å². The van der Waals surface area contributed by atoms with Gasteiger partial charge < -0.3 is 10.2 Å². The quantitative estimate of drug-likeness (QED) is 0.831. The van der Waals surface area contributed by atoms with Crippen LogP contribution in [0.2, 0.25) is 0 Å². The summed E-state index contributed by atoms with van der Waals surface area (Å²) in [5.74, 6) is 0.757. The van der Waals surface area contributed by atoms with Crippen LogP contribution in [0.5, 0.6) is 0 Å². The molecule has 2 rings (SSSR count). The van der Waals surface area contributed by atoms with Gasteiger partial charge in [0.2, 0.25) is 0 Å². The van der Waals surface area contributed by atoms with Crippen LogP contribution < -0.4 is 5.32 Å². The first-order valence-corrected chi connectivity index (χ1v) is 6.85. The molecule has 110 valence electrons. The molecule has 1 aliphatic carbocycles. The van der Waals surface area contributed by atoms with Crippen molar-refractivity contribution in [3.05, 3.63) is 35.9 Å². The van der Waals surface area contributed by atoms with Crippen LogP contribution in [0.3, 0.4) is 0 Å². The lowest BCUT2D eigenvalue weighted by atomic mass is 10.1. The van der Waals surface area contributed by atoms with Gasteiger partial charge in [-0.1, -0.05) is 44.2 Å². The summed E-state index contributed by atoms with van der Waals surface area (Å²) in [6.45, 7) is 9.07. The van der Waals surface area contributed by atoms with E-state index in [0.29, 0.717) is 6.04 Å². The number of nitrogens with one attached hydrogen (secondary N) is 1. The molecule has 1 saturated carbocycles. The summed E-state index contributed by atoms with van der Waals surface area (Å²) in [4.78, 5) is 2.47. The SMILES string of the molecule is CCN(CC)CCN[C@@H]1C[C@H]1c1ccccc1.Cl.Cl. The summed E-state index contributed by atoms with van der Waals surface area (Å²) in [5.41, 5.74) is 1.49. The molecule has 0 spiro atoms. The zero-order valence-electron chi connectivity index (χ0n) is 11.8. The van der Waals surface area contributed by atoms with Crippen molar-refractivity contribution in [3.63, 3.8) is 0 Å². The molecule has 0 amide bonds. The topological polar surface area (TPSA) is 15.3 Å². The maximum Gasteiger partial charge on any atom is 0.0143 e. The van der Waals surface area contributed by atoms with E-state index in [0.717, 1.165) is 25.6 Å². The molecule has 19 heavy (non-hydrogen) atoms. The van der Waals surface area contributed by atoms with Gasteiger partial charge in [-0.2, -0.15) is 0 Å². The number of halogens is 2. The van der Waals surface area contributed by atoms with E-state index >= 15 is 0 Å². The number of rotatable bonds is 7. The molecule has 1 N–H and O–H groups in total. The van der Waals surface area contributed by atoms with Gasteiger partial charge in [-0.3, -0.25) is 0 Å². The average molecular weight is 305 g/mol. The molecule has 0 radical (unpaired) electrons. The van der Waals surface area contributed by atoms with Crippen LogP contribution in [0.25, 0.3) is 0 Å². The molecule has 1 fully saturated rings. The predicted molar refractivity (Wildman–Crippen MR) is 87.9 cm³/mol. The first-order valence-electron chi connectivity index (χ1n) is 6.85. The van der Waals surface area contributed by atoms with Gasteiger partial charge in [-0.25, -0.2) is 0 Å². The van der Waals surface area contributed by atoms with Crippen LogP contribution in [0.4, 0.5) is 0 Å². The minimum Gasteiger partial charge on any atom is -0.312 e. The number of likely N-dealkylation sites (N-methyl/N-ethyl adjacent to an activating group) is 1. The third-order valence-electron chi connectivity index (χ3n) is 3.75. The highest BCUT2D eigenvalue weighted by molar-refractivity contribution is 5.85. The Morgan fingerprint density at radius 2 is 1.74 bits per heavy atom. The van der Waals surface area contributed by atoms with Crippen molar-refractivity contribution in [2.75, 3.05) is 26.2 Å². The molecular formula is C15H26Cl2N2. The lowest BCUT2D eigenvalue weighted by molar-refractivity contribution is 0.302. The molecule has 4 heteroatoms. The van der Waals surface area contributed by atoms with Crippen molar-refractivity contribution in [1.82, 2.24) is 10.2 Å². The van der Waals surface area contributed by atoms with Crippen molar-refractivity contribution in [1.29, 1.82) is 0 Å². The van der Waals surface area contributed by atoms with Gasteiger partial charge in [0.25, 0.3) is 0 Å². The highest BCUT2D eigenvalue weighted by Gasteiger charge is 2.37. The minimum atomic E-state index is 0. The molecule has 1 aromatic rings. The standard InChI is InChI=1S/C15H24N2.2ClH/c1-3-17(4-2)11-10-16-15-12-14(15)13-8-6-5-7-9-13;;/h5-9,14-16H,3-4,10-12H2,1-2H3;2*1H/t14-,15+;;/m0../s1. The van der Waals surface area contributed by atoms with Crippen LogP contribution in [0.15, 0.2) is 30.3 Å². The Morgan fingerprint density at radius 1 is 1.11 bits per heavy atom. The van der Waals surface area contributed by atoms with E-state index in [1.165, 1.54) is 18.5 Å². The number of hydrogen-bond donors (Lipinski definition) is 1. The fourth-order valence-corrected chi connectivity index (χ4v) is 2.44. The van der Waals surface area contributed by atoms with E-state index in [2.05, 4.69) is 54.4 Å². The number of benzene rings is 1. The van der Waals surface area contributed by atoms with Crippen LogP contribution in [0, 0.1) is 0 Å². The second kappa shape index (κ2) is 9.60. The largest absolute Gasteiger partial charge is 0.312 e. The molecule has 0 saturated heterocycles. The summed E-state index contributed by atoms with van der Waals surface area (Å²) >= 11 is 0. The minimum absolute atomic E-state index is 0. The summed E-state index contributed by atoms with van der Waals surface area (Å²) in [5, 5.41) is 3.66. The van der Waals surface area contributed by atoms with Crippen molar-refractivity contribution in [3.8, 4) is 0 Å². The fraction of sp³-hybridized carbons (Fsp3) is 0.600. The second-order valence-electron chi connectivity index (χ2n) is 4.84. The van der Waals surface area contributed by atoms with Crippen LogP contribution in [-0.2, 0) is 0 Å². The van der Waals surface area contributed by atoms with Gasteiger partial charge in [0, 0.05) is 25.0 Å². The first-order chi connectivity index (χ1) is 8.35. The van der Waals surface area contributed by atoms with E-state index in [9.17, 15) is 0 Å². The Kier molecular flexibility index (Phi) is 9.46. The van der Waals surface area contributed by atoms with Crippen LogP contribution in [-0.4, -0.2) is 37.1 Å². The molecule has 2 atom stereocenters. The molecule has 0 unspecified atom stereocenters. The van der Waals surface area contributed by atoms with Crippen LogP contribution >= 0.6 is 24.8 Å². The van der Waals surface area contributed by atoms with Crippen molar-refractivity contribution < 1.29 is 0 Å². The van der Waals surface area contributed by atoms with E-state index in [4.69, 9.17) is 0 Å². The number of nitrogens with zero attached hydrogens (tertiary/aromatic N) is 1. The van der Waals surface area contributed by atoms with Gasteiger partial charge in [0.05, 0.1) is 0 Å². The Hall–Kier alpha value is -0.280. The molecule has 1 aromatic carbocycles. The zero-order valence-corrected chi connectivity index (χ0v) is 13.5. The van der Waals surface area contributed by atoms with Gasteiger partial charge in [0.15, 0.2) is 0 Å². The highest BCUT2D eigenvalue weighted by atomic mass is 35.5. The van der Waals surface area contributed by atoms with Crippen molar-refractivity contribution in [2.45, 2.75) is 32.2 Å². The zero-order chi connectivity index (χ0) is 12.1. The Balaban J connectivity index is 0.00000162. The Morgan fingerprint density at radius 3 is 2.32 bits per heavy atom.